The van der Waals surface area contributed by atoms with Crippen LogP contribution in [0.5, 0.6) is 0 Å². The molecule has 1 saturated heterocycles. The summed E-state index contributed by atoms with van der Waals surface area (Å²) in [6, 6.07) is 0. The number of carboxylic acid groups (broad SMARTS) is 1. The van der Waals surface area contributed by atoms with Crippen LogP contribution in [-0.4, -0.2) is 45.8 Å². The van der Waals surface area contributed by atoms with Crippen molar-refractivity contribution in [2.75, 3.05) is 24.6 Å². The van der Waals surface area contributed by atoms with Crippen LogP contribution in [0.2, 0.25) is 0 Å². The van der Waals surface area contributed by atoms with E-state index >= 15 is 0 Å². The highest BCUT2D eigenvalue weighted by molar-refractivity contribution is 5.88. The molecule has 18 heavy (non-hydrogen) atoms. The lowest BCUT2D eigenvalue weighted by atomic mass is 10.1. The predicted molar refractivity (Wildman–Crippen MR) is 65.8 cm³/mol. The molecular formula is C12H17N3O3. The third-order valence-electron chi connectivity index (χ3n) is 3.30. The summed E-state index contributed by atoms with van der Waals surface area (Å²) in [5, 5.41) is 17.8. The third-order valence-corrected chi connectivity index (χ3v) is 3.30. The van der Waals surface area contributed by atoms with E-state index in [-0.39, 0.29) is 12.2 Å². The first-order valence-electron chi connectivity index (χ1n) is 6.04. The molecule has 0 amide bonds. The van der Waals surface area contributed by atoms with Gasteiger partial charge in [-0.05, 0) is 25.7 Å². The molecule has 1 unspecified atom stereocenters. The lowest BCUT2D eigenvalue weighted by molar-refractivity contribution is 0.0695. The van der Waals surface area contributed by atoms with Gasteiger partial charge in [-0.15, -0.1) is 0 Å². The maximum atomic E-state index is 10.9. The van der Waals surface area contributed by atoms with E-state index in [0.29, 0.717) is 17.6 Å². The average Bonchev–Trinajstić information content (AvgIpc) is 2.77. The third kappa shape index (κ3) is 2.59. The zero-order valence-electron chi connectivity index (χ0n) is 10.3. The Labute approximate surface area is 105 Å². The second-order valence-corrected chi connectivity index (χ2v) is 4.59. The first-order chi connectivity index (χ1) is 8.61. The second kappa shape index (κ2) is 5.30. The van der Waals surface area contributed by atoms with E-state index in [9.17, 15) is 4.79 Å². The summed E-state index contributed by atoms with van der Waals surface area (Å²) in [5.41, 5.74) is 0.628. The molecule has 0 spiro atoms. The van der Waals surface area contributed by atoms with Crippen molar-refractivity contribution >= 4 is 11.9 Å². The Kier molecular flexibility index (Phi) is 3.76. The van der Waals surface area contributed by atoms with Crippen molar-refractivity contribution in [1.29, 1.82) is 0 Å². The summed E-state index contributed by atoms with van der Waals surface area (Å²) in [5.74, 6) is 0.0506. The molecule has 0 aliphatic carbocycles. The summed E-state index contributed by atoms with van der Waals surface area (Å²) < 4.78 is 0. The van der Waals surface area contributed by atoms with Crippen molar-refractivity contribution in [3.8, 4) is 0 Å². The van der Waals surface area contributed by atoms with Crippen LogP contribution in [0.15, 0.2) is 6.20 Å². The Balaban J connectivity index is 2.11. The van der Waals surface area contributed by atoms with Crippen molar-refractivity contribution in [2.24, 2.45) is 5.92 Å². The van der Waals surface area contributed by atoms with Crippen LogP contribution < -0.4 is 4.90 Å². The van der Waals surface area contributed by atoms with Gasteiger partial charge in [0.05, 0.1) is 11.3 Å². The largest absolute Gasteiger partial charge is 0.478 e. The van der Waals surface area contributed by atoms with Gasteiger partial charge in [0.2, 0.25) is 5.95 Å². The molecule has 2 N–H and O–H groups in total. The second-order valence-electron chi connectivity index (χ2n) is 4.59. The molecule has 0 radical (unpaired) electrons. The topological polar surface area (TPSA) is 86.5 Å². The number of rotatable bonds is 4. The van der Waals surface area contributed by atoms with E-state index in [1.807, 2.05) is 4.90 Å². The maximum absolute atomic E-state index is 10.9. The van der Waals surface area contributed by atoms with E-state index < -0.39 is 5.97 Å². The number of carbonyl (C=O) groups is 1. The van der Waals surface area contributed by atoms with E-state index in [0.717, 1.165) is 25.9 Å². The van der Waals surface area contributed by atoms with Gasteiger partial charge in [-0.3, -0.25) is 0 Å². The molecule has 0 bridgehead atoms. The van der Waals surface area contributed by atoms with Crippen molar-refractivity contribution in [3.05, 3.63) is 17.5 Å². The zero-order valence-corrected chi connectivity index (χ0v) is 10.3. The molecule has 98 valence electrons. The molecule has 1 aliphatic rings. The van der Waals surface area contributed by atoms with E-state index in [1.54, 1.807) is 6.92 Å². The lowest BCUT2D eigenvalue weighted by Crippen LogP contribution is -2.23. The summed E-state index contributed by atoms with van der Waals surface area (Å²) in [4.78, 5) is 21.3. The lowest BCUT2D eigenvalue weighted by Gasteiger charge is -2.16. The number of aryl methyl sites for hydroxylation is 1. The average molecular weight is 251 g/mol. The van der Waals surface area contributed by atoms with Crippen LogP contribution in [0.4, 0.5) is 5.95 Å². The Morgan fingerprint density at radius 1 is 1.61 bits per heavy atom. The Morgan fingerprint density at radius 2 is 2.39 bits per heavy atom. The van der Waals surface area contributed by atoms with Crippen LogP contribution >= 0.6 is 0 Å². The van der Waals surface area contributed by atoms with Gasteiger partial charge in [0.15, 0.2) is 0 Å². The zero-order chi connectivity index (χ0) is 13.1. The monoisotopic (exact) mass is 251 g/mol. The Hall–Kier alpha value is -1.69. The van der Waals surface area contributed by atoms with E-state index in [1.165, 1.54) is 6.20 Å². The smallest absolute Gasteiger partial charge is 0.339 e. The number of aromatic nitrogens is 2. The minimum absolute atomic E-state index is 0.143. The molecule has 0 aromatic carbocycles. The highest BCUT2D eigenvalue weighted by Crippen LogP contribution is 2.23. The Bertz CT molecular complexity index is 450. The fourth-order valence-electron chi connectivity index (χ4n) is 2.25. The first kappa shape index (κ1) is 12.8. The van der Waals surface area contributed by atoms with E-state index in [2.05, 4.69) is 9.97 Å². The number of anilines is 1. The molecule has 1 aliphatic heterocycles. The van der Waals surface area contributed by atoms with Gasteiger partial charge >= 0.3 is 5.97 Å². The number of aliphatic hydroxyl groups is 1. The van der Waals surface area contributed by atoms with Gasteiger partial charge in [-0.25, -0.2) is 14.8 Å². The highest BCUT2D eigenvalue weighted by atomic mass is 16.4. The summed E-state index contributed by atoms with van der Waals surface area (Å²) in [7, 11) is 0. The fraction of sp³-hybridized carbons (Fsp3) is 0.583. The molecule has 1 aromatic heterocycles. The number of aromatic carboxylic acids is 1. The summed E-state index contributed by atoms with van der Waals surface area (Å²) in [6.45, 7) is 3.56. The first-order valence-corrected chi connectivity index (χ1v) is 6.04. The molecule has 2 rings (SSSR count). The van der Waals surface area contributed by atoms with Gasteiger partial charge in [0.1, 0.15) is 0 Å². The van der Waals surface area contributed by atoms with Gasteiger partial charge < -0.3 is 15.1 Å². The molecule has 1 atom stereocenters. The number of nitrogens with zero attached hydrogens (tertiary/aromatic N) is 3. The van der Waals surface area contributed by atoms with Gasteiger partial charge in [-0.2, -0.15) is 0 Å². The predicted octanol–water partition coefficient (Wildman–Crippen LogP) is 0.692. The molecule has 1 aromatic rings. The molecular weight excluding hydrogens is 234 g/mol. The van der Waals surface area contributed by atoms with Gasteiger partial charge in [0, 0.05) is 25.9 Å². The minimum atomic E-state index is -1.00. The SMILES string of the molecule is Cc1nc(N2CCC(CCO)C2)ncc1C(=O)O. The number of aliphatic hydroxyl groups excluding tert-OH is 1. The normalized spacial score (nSPS) is 19.2. The van der Waals surface area contributed by atoms with Crippen LogP contribution in [0.1, 0.15) is 28.9 Å². The Morgan fingerprint density at radius 3 is 3.00 bits per heavy atom. The summed E-state index contributed by atoms with van der Waals surface area (Å²) >= 11 is 0. The molecule has 2 heterocycles. The fourth-order valence-corrected chi connectivity index (χ4v) is 2.25. The number of hydrogen-bond donors (Lipinski definition) is 2. The molecule has 0 saturated carbocycles. The summed E-state index contributed by atoms with van der Waals surface area (Å²) in [6.07, 6.45) is 3.17. The maximum Gasteiger partial charge on any atom is 0.339 e. The van der Waals surface area contributed by atoms with Gasteiger partial charge in [0.25, 0.3) is 0 Å². The van der Waals surface area contributed by atoms with Crippen LogP contribution in [0, 0.1) is 12.8 Å². The number of hydrogen-bond acceptors (Lipinski definition) is 5. The minimum Gasteiger partial charge on any atom is -0.478 e. The van der Waals surface area contributed by atoms with Crippen molar-refractivity contribution in [2.45, 2.75) is 19.8 Å². The molecule has 6 nitrogen and oxygen atoms in total. The van der Waals surface area contributed by atoms with Crippen molar-refractivity contribution in [1.82, 2.24) is 9.97 Å². The standard InChI is InChI=1S/C12H17N3O3/c1-8-10(11(17)18)6-13-12(14-8)15-4-2-9(7-15)3-5-16/h6,9,16H,2-5,7H2,1H3,(H,17,18). The highest BCUT2D eigenvalue weighted by Gasteiger charge is 2.24. The van der Waals surface area contributed by atoms with Crippen LogP contribution in [0.3, 0.4) is 0 Å². The number of carboxylic acids is 1. The van der Waals surface area contributed by atoms with Crippen LogP contribution in [0.25, 0.3) is 0 Å². The molecule has 6 heteroatoms. The quantitative estimate of drug-likeness (QED) is 0.818. The van der Waals surface area contributed by atoms with E-state index in [4.69, 9.17) is 10.2 Å². The van der Waals surface area contributed by atoms with Gasteiger partial charge in [-0.1, -0.05) is 0 Å². The van der Waals surface area contributed by atoms with Crippen molar-refractivity contribution < 1.29 is 15.0 Å². The van der Waals surface area contributed by atoms with Crippen molar-refractivity contribution in [3.63, 3.8) is 0 Å². The van der Waals surface area contributed by atoms with Crippen LogP contribution in [-0.2, 0) is 0 Å². The molecule has 1 fully saturated rings.